The molecule has 0 aliphatic heterocycles. The van der Waals surface area contributed by atoms with Gasteiger partial charge in [0, 0.05) is 0 Å². The summed E-state index contributed by atoms with van der Waals surface area (Å²) in [5.74, 6) is 0. The van der Waals surface area contributed by atoms with Crippen molar-refractivity contribution >= 4 is 56.4 Å². The monoisotopic (exact) mass is 502 g/mol. The highest BCUT2D eigenvalue weighted by Crippen LogP contribution is 2.46. The van der Waals surface area contributed by atoms with E-state index in [1.165, 1.54) is 70.5 Å². The number of benzene rings is 7. The SMILES string of the molecule is C[Si](C)(C)c1ccc2c(-c3cc4ccccc4c4ccccc34)c3ccccc3c(-c3ccccc3)c2c1. The molecule has 0 N–H and O–H groups in total. The number of fused-ring (bicyclic) bond motifs is 5. The maximum Gasteiger partial charge on any atom is 0.0776 e. The Morgan fingerprint density at radius 3 is 1.66 bits per heavy atom. The lowest BCUT2D eigenvalue weighted by molar-refractivity contribution is 1.66. The van der Waals surface area contributed by atoms with E-state index in [4.69, 9.17) is 0 Å². The third-order valence-corrected chi connectivity index (χ3v) is 10.0. The Bertz CT molecular complexity index is 1990. The Hall–Kier alpha value is -4.20. The van der Waals surface area contributed by atoms with E-state index in [-0.39, 0.29) is 0 Å². The van der Waals surface area contributed by atoms with Gasteiger partial charge in [-0.3, -0.25) is 0 Å². The average Bonchev–Trinajstić information content (AvgIpc) is 2.95. The lowest BCUT2D eigenvalue weighted by Gasteiger charge is -2.22. The fourth-order valence-corrected chi connectivity index (χ4v) is 7.27. The minimum atomic E-state index is -1.52. The van der Waals surface area contributed by atoms with Crippen LogP contribution in [0.25, 0.3) is 65.3 Å². The van der Waals surface area contributed by atoms with E-state index in [9.17, 15) is 0 Å². The second kappa shape index (κ2) is 8.68. The molecule has 0 bridgehead atoms. The fraction of sp³-hybridized carbons (Fsp3) is 0.0811. The topological polar surface area (TPSA) is 0 Å². The highest BCUT2D eigenvalue weighted by atomic mass is 28.3. The Labute approximate surface area is 225 Å². The molecule has 0 radical (unpaired) electrons. The number of hydrogen-bond donors (Lipinski definition) is 0. The molecule has 0 fully saturated rings. The molecule has 0 unspecified atom stereocenters. The Morgan fingerprint density at radius 1 is 0.395 bits per heavy atom. The van der Waals surface area contributed by atoms with Crippen LogP contribution in [-0.4, -0.2) is 8.07 Å². The predicted octanol–water partition coefficient (Wildman–Crippen LogP) is 10.2. The molecule has 0 nitrogen and oxygen atoms in total. The van der Waals surface area contributed by atoms with Gasteiger partial charge in [0.1, 0.15) is 0 Å². The molecule has 7 aromatic rings. The summed E-state index contributed by atoms with van der Waals surface area (Å²) in [5, 5.41) is 12.0. The smallest absolute Gasteiger partial charge is 0.0656 e. The predicted molar refractivity (Wildman–Crippen MR) is 170 cm³/mol. The summed E-state index contributed by atoms with van der Waals surface area (Å²) in [7, 11) is -1.52. The van der Waals surface area contributed by atoms with E-state index < -0.39 is 8.07 Å². The Morgan fingerprint density at radius 2 is 0.947 bits per heavy atom. The number of hydrogen-bond acceptors (Lipinski definition) is 0. The van der Waals surface area contributed by atoms with Crippen LogP contribution in [0.2, 0.25) is 19.6 Å². The van der Waals surface area contributed by atoms with Gasteiger partial charge in [0.25, 0.3) is 0 Å². The van der Waals surface area contributed by atoms with Gasteiger partial charge in [0.2, 0.25) is 0 Å². The molecular weight excluding hydrogens is 472 g/mol. The van der Waals surface area contributed by atoms with Crippen LogP contribution in [0.5, 0.6) is 0 Å². The van der Waals surface area contributed by atoms with Crippen molar-refractivity contribution in [2.24, 2.45) is 0 Å². The Kier molecular flexibility index (Phi) is 5.24. The van der Waals surface area contributed by atoms with Gasteiger partial charge in [-0.05, 0) is 71.4 Å². The molecule has 0 aliphatic rings. The summed E-state index contributed by atoms with van der Waals surface area (Å²) >= 11 is 0. The van der Waals surface area contributed by atoms with Crippen molar-refractivity contribution in [1.82, 2.24) is 0 Å². The van der Waals surface area contributed by atoms with Gasteiger partial charge >= 0.3 is 0 Å². The molecule has 0 saturated carbocycles. The first-order valence-corrected chi connectivity index (χ1v) is 17.0. The standard InChI is InChI=1S/C37H30Si/c1-38(2,3)27-21-22-33-35(24-27)36(25-13-5-4-6-14-25)31-19-11-12-20-32(31)37(33)34-23-26-15-7-8-16-28(26)29-17-9-10-18-30(29)34/h4-24H,1-3H3. The van der Waals surface area contributed by atoms with Crippen LogP contribution in [0.15, 0.2) is 127 Å². The average molecular weight is 503 g/mol. The summed E-state index contributed by atoms with van der Waals surface area (Å²) < 4.78 is 0. The molecule has 0 saturated heterocycles. The van der Waals surface area contributed by atoms with E-state index >= 15 is 0 Å². The van der Waals surface area contributed by atoms with E-state index in [1.54, 1.807) is 0 Å². The maximum absolute atomic E-state index is 2.50. The fourth-order valence-electron chi connectivity index (χ4n) is 6.11. The van der Waals surface area contributed by atoms with Crippen LogP contribution in [0.1, 0.15) is 0 Å². The zero-order valence-corrected chi connectivity index (χ0v) is 23.1. The van der Waals surface area contributed by atoms with Crippen LogP contribution >= 0.6 is 0 Å². The van der Waals surface area contributed by atoms with E-state index in [2.05, 4.69) is 147 Å². The van der Waals surface area contributed by atoms with E-state index in [1.807, 2.05) is 0 Å². The first-order valence-electron chi connectivity index (χ1n) is 13.5. The van der Waals surface area contributed by atoms with Crippen LogP contribution in [-0.2, 0) is 0 Å². The molecule has 38 heavy (non-hydrogen) atoms. The second-order valence-corrected chi connectivity index (χ2v) is 16.4. The molecule has 1 heteroatoms. The third kappa shape index (κ3) is 3.58. The highest BCUT2D eigenvalue weighted by Gasteiger charge is 2.22. The van der Waals surface area contributed by atoms with Gasteiger partial charge in [-0.15, -0.1) is 0 Å². The van der Waals surface area contributed by atoms with Gasteiger partial charge in [-0.2, -0.15) is 0 Å². The largest absolute Gasteiger partial charge is 0.0776 e. The van der Waals surface area contributed by atoms with Crippen molar-refractivity contribution < 1.29 is 0 Å². The zero-order chi connectivity index (χ0) is 25.9. The van der Waals surface area contributed by atoms with Crippen LogP contribution in [0.4, 0.5) is 0 Å². The van der Waals surface area contributed by atoms with Gasteiger partial charge in [0.15, 0.2) is 0 Å². The molecule has 182 valence electrons. The molecule has 0 spiro atoms. The molecule has 7 aromatic carbocycles. The van der Waals surface area contributed by atoms with Crippen molar-refractivity contribution in [2.75, 3.05) is 0 Å². The van der Waals surface area contributed by atoms with E-state index in [0.717, 1.165) is 0 Å². The zero-order valence-electron chi connectivity index (χ0n) is 22.1. The Balaban J connectivity index is 1.72. The lowest BCUT2D eigenvalue weighted by atomic mass is 9.84. The molecule has 7 rings (SSSR count). The van der Waals surface area contributed by atoms with Crippen LogP contribution < -0.4 is 5.19 Å². The van der Waals surface area contributed by atoms with Crippen LogP contribution in [0.3, 0.4) is 0 Å². The first-order chi connectivity index (χ1) is 18.5. The molecular formula is C37H30Si. The van der Waals surface area contributed by atoms with Gasteiger partial charge < -0.3 is 0 Å². The summed E-state index contributed by atoms with van der Waals surface area (Å²) in [6.07, 6.45) is 0. The van der Waals surface area contributed by atoms with Crippen molar-refractivity contribution in [3.8, 4) is 22.3 Å². The van der Waals surface area contributed by atoms with Gasteiger partial charge in [0.05, 0.1) is 8.07 Å². The van der Waals surface area contributed by atoms with Crippen molar-refractivity contribution in [3.05, 3.63) is 127 Å². The minimum absolute atomic E-state index is 1.27. The van der Waals surface area contributed by atoms with E-state index in [0.29, 0.717) is 0 Å². The second-order valence-electron chi connectivity index (χ2n) is 11.4. The normalized spacial score (nSPS) is 12.1. The highest BCUT2D eigenvalue weighted by molar-refractivity contribution is 6.88. The van der Waals surface area contributed by atoms with Gasteiger partial charge in [-0.1, -0.05) is 146 Å². The molecule has 0 heterocycles. The molecule has 0 aliphatic carbocycles. The summed E-state index contributed by atoms with van der Waals surface area (Å²) in [6.45, 7) is 7.32. The summed E-state index contributed by atoms with van der Waals surface area (Å²) in [5.41, 5.74) is 5.25. The number of rotatable bonds is 3. The maximum atomic E-state index is 2.50. The third-order valence-electron chi connectivity index (χ3n) is 7.99. The van der Waals surface area contributed by atoms with Crippen molar-refractivity contribution in [1.29, 1.82) is 0 Å². The van der Waals surface area contributed by atoms with Gasteiger partial charge in [-0.25, -0.2) is 0 Å². The summed E-state index contributed by atoms with van der Waals surface area (Å²) in [4.78, 5) is 0. The lowest BCUT2D eigenvalue weighted by Crippen LogP contribution is -2.37. The summed E-state index contributed by atoms with van der Waals surface area (Å²) in [6, 6.07) is 47.3. The van der Waals surface area contributed by atoms with Crippen molar-refractivity contribution in [2.45, 2.75) is 19.6 Å². The molecule has 0 aromatic heterocycles. The molecule has 0 atom stereocenters. The van der Waals surface area contributed by atoms with Crippen molar-refractivity contribution in [3.63, 3.8) is 0 Å². The first kappa shape index (κ1) is 23.0. The van der Waals surface area contributed by atoms with Crippen LogP contribution in [0, 0.1) is 0 Å². The quantitative estimate of drug-likeness (QED) is 0.128. The molecule has 0 amide bonds. The minimum Gasteiger partial charge on any atom is -0.0656 e.